The highest BCUT2D eigenvalue weighted by molar-refractivity contribution is 5.67. The summed E-state index contributed by atoms with van der Waals surface area (Å²) in [5.41, 5.74) is 5.45. The largest absolute Gasteiger partial charge is 0.395 e. The first-order valence-corrected chi connectivity index (χ1v) is 5.11. The van der Waals surface area contributed by atoms with Gasteiger partial charge >= 0.3 is 0 Å². The Balaban J connectivity index is 2.27. The van der Waals surface area contributed by atoms with Crippen LogP contribution in [0, 0.1) is 11.6 Å². The second-order valence-corrected chi connectivity index (χ2v) is 4.34. The van der Waals surface area contributed by atoms with Gasteiger partial charge in [0.2, 0.25) is 0 Å². The van der Waals surface area contributed by atoms with Gasteiger partial charge in [-0.25, -0.2) is 8.78 Å². The quantitative estimate of drug-likeness (QED) is 0.762. The Labute approximate surface area is 92.6 Å². The molecule has 0 spiro atoms. The lowest BCUT2D eigenvalue weighted by molar-refractivity contribution is 0.185. The Morgan fingerprint density at radius 2 is 2.19 bits per heavy atom. The number of halogens is 2. The molecule has 1 aliphatic rings. The zero-order valence-electron chi connectivity index (χ0n) is 9.02. The maximum absolute atomic E-state index is 13.2. The summed E-state index contributed by atoms with van der Waals surface area (Å²) < 4.78 is 31.5. The summed E-state index contributed by atoms with van der Waals surface area (Å²) in [4.78, 5) is 0. The highest BCUT2D eigenvalue weighted by Gasteiger charge is 2.30. The maximum Gasteiger partial charge on any atom is 0.151 e. The number of nitrogens with one attached hydrogen (secondary N) is 1. The minimum Gasteiger partial charge on any atom is -0.395 e. The van der Waals surface area contributed by atoms with Crippen molar-refractivity contribution in [2.24, 2.45) is 0 Å². The molecule has 1 aromatic rings. The van der Waals surface area contributed by atoms with Crippen LogP contribution in [0.1, 0.15) is 13.3 Å². The summed E-state index contributed by atoms with van der Waals surface area (Å²) in [6.45, 7) is 3.08. The molecule has 0 aromatic heterocycles. The van der Waals surface area contributed by atoms with Gasteiger partial charge in [-0.1, -0.05) is 0 Å². The Morgan fingerprint density at radius 1 is 1.44 bits per heavy atom. The highest BCUT2D eigenvalue weighted by Crippen LogP contribution is 2.29. The molecular weight excluding hydrogens is 214 g/mol. The van der Waals surface area contributed by atoms with E-state index in [2.05, 4.69) is 5.32 Å². The number of hydrogen-bond acceptors (Lipinski definition) is 3. The van der Waals surface area contributed by atoms with Gasteiger partial charge < -0.3 is 15.8 Å². The van der Waals surface area contributed by atoms with Crippen molar-refractivity contribution in [2.45, 2.75) is 18.9 Å². The summed E-state index contributed by atoms with van der Waals surface area (Å²) >= 11 is 0. The van der Waals surface area contributed by atoms with E-state index in [1.54, 1.807) is 0 Å². The summed E-state index contributed by atoms with van der Waals surface area (Å²) in [6, 6.07) is 1.97. The summed E-state index contributed by atoms with van der Waals surface area (Å²) in [5.74, 6) is -1.39. The fourth-order valence-electron chi connectivity index (χ4n) is 1.78. The lowest BCUT2D eigenvalue weighted by Crippen LogP contribution is -2.35. The van der Waals surface area contributed by atoms with Crippen LogP contribution in [0.3, 0.4) is 0 Å². The van der Waals surface area contributed by atoms with Gasteiger partial charge in [-0.15, -0.1) is 0 Å². The van der Waals surface area contributed by atoms with E-state index in [4.69, 9.17) is 10.5 Å². The Bertz CT molecular complexity index is 403. The van der Waals surface area contributed by atoms with Crippen LogP contribution in [0.2, 0.25) is 0 Å². The molecule has 1 aliphatic heterocycles. The maximum atomic E-state index is 13.2. The third-order valence-corrected chi connectivity index (χ3v) is 2.75. The molecule has 0 amide bonds. The molecule has 3 N–H and O–H groups in total. The highest BCUT2D eigenvalue weighted by atomic mass is 19.1. The third kappa shape index (κ3) is 2.09. The van der Waals surface area contributed by atoms with Gasteiger partial charge in [0, 0.05) is 12.7 Å². The molecule has 1 heterocycles. The Hall–Kier alpha value is -1.36. The number of benzene rings is 1. The average Bonchev–Trinajstić information content (AvgIpc) is 2.61. The second-order valence-electron chi connectivity index (χ2n) is 4.34. The van der Waals surface area contributed by atoms with Crippen LogP contribution in [0.25, 0.3) is 0 Å². The van der Waals surface area contributed by atoms with Crippen molar-refractivity contribution < 1.29 is 13.5 Å². The van der Waals surface area contributed by atoms with Gasteiger partial charge in [0.05, 0.1) is 23.5 Å². The van der Waals surface area contributed by atoms with Crippen LogP contribution >= 0.6 is 0 Å². The molecule has 1 saturated heterocycles. The first-order chi connectivity index (χ1) is 7.50. The van der Waals surface area contributed by atoms with E-state index >= 15 is 0 Å². The Morgan fingerprint density at radius 3 is 2.81 bits per heavy atom. The van der Waals surface area contributed by atoms with Crippen LogP contribution < -0.4 is 11.1 Å². The topological polar surface area (TPSA) is 47.3 Å². The minimum absolute atomic E-state index is 0.0606. The SMILES string of the molecule is CC1(Nc2cc(F)cc(F)c2N)CCOC1. The van der Waals surface area contributed by atoms with Crippen LogP contribution in [0.5, 0.6) is 0 Å². The van der Waals surface area contributed by atoms with E-state index in [9.17, 15) is 8.78 Å². The first kappa shape index (κ1) is 11.1. The van der Waals surface area contributed by atoms with Gasteiger partial charge in [0.25, 0.3) is 0 Å². The van der Waals surface area contributed by atoms with Crippen LogP contribution in [0.15, 0.2) is 12.1 Å². The summed E-state index contributed by atoms with van der Waals surface area (Å²) in [6.07, 6.45) is 0.782. The van der Waals surface area contributed by atoms with Gasteiger partial charge in [0.15, 0.2) is 5.82 Å². The molecule has 1 unspecified atom stereocenters. The molecule has 0 radical (unpaired) electrons. The van der Waals surface area contributed by atoms with E-state index in [-0.39, 0.29) is 16.9 Å². The smallest absolute Gasteiger partial charge is 0.151 e. The molecule has 0 bridgehead atoms. The van der Waals surface area contributed by atoms with Gasteiger partial charge in [-0.3, -0.25) is 0 Å². The van der Waals surface area contributed by atoms with Crippen LogP contribution in [-0.2, 0) is 4.74 Å². The predicted octanol–water partition coefficient (Wildman–Crippen LogP) is 2.14. The van der Waals surface area contributed by atoms with Crippen LogP contribution in [-0.4, -0.2) is 18.8 Å². The molecule has 2 rings (SSSR count). The van der Waals surface area contributed by atoms with E-state index in [1.807, 2.05) is 6.92 Å². The molecule has 0 saturated carbocycles. The second kappa shape index (κ2) is 3.90. The molecule has 1 fully saturated rings. The van der Waals surface area contributed by atoms with Gasteiger partial charge in [0.1, 0.15) is 5.82 Å². The van der Waals surface area contributed by atoms with Crippen molar-refractivity contribution in [1.82, 2.24) is 0 Å². The fraction of sp³-hybridized carbons (Fsp3) is 0.455. The van der Waals surface area contributed by atoms with Gasteiger partial charge in [-0.05, 0) is 19.4 Å². The summed E-state index contributed by atoms with van der Waals surface area (Å²) in [5, 5.41) is 3.04. The van der Waals surface area contributed by atoms with E-state index < -0.39 is 11.6 Å². The monoisotopic (exact) mass is 228 g/mol. The lowest BCUT2D eigenvalue weighted by atomic mass is 10.0. The molecule has 16 heavy (non-hydrogen) atoms. The third-order valence-electron chi connectivity index (χ3n) is 2.75. The number of ether oxygens (including phenoxy) is 1. The average molecular weight is 228 g/mol. The number of hydrogen-bond donors (Lipinski definition) is 2. The number of nitrogen functional groups attached to an aromatic ring is 1. The molecule has 5 heteroatoms. The number of nitrogens with two attached hydrogens (primary N) is 1. The standard InChI is InChI=1S/C11H14F2N2O/c1-11(2-3-16-6-11)15-9-5-7(12)4-8(13)10(9)14/h4-5,15H,2-3,6,14H2,1H3. The normalized spacial score (nSPS) is 24.7. The van der Waals surface area contributed by atoms with Crippen molar-refractivity contribution in [3.8, 4) is 0 Å². The van der Waals surface area contributed by atoms with Crippen molar-refractivity contribution in [3.05, 3.63) is 23.8 Å². The van der Waals surface area contributed by atoms with E-state index in [0.29, 0.717) is 13.2 Å². The van der Waals surface area contributed by atoms with E-state index in [0.717, 1.165) is 12.5 Å². The fourth-order valence-corrected chi connectivity index (χ4v) is 1.78. The zero-order chi connectivity index (χ0) is 11.8. The van der Waals surface area contributed by atoms with Gasteiger partial charge in [-0.2, -0.15) is 0 Å². The molecular formula is C11H14F2N2O. The van der Waals surface area contributed by atoms with E-state index in [1.165, 1.54) is 6.07 Å². The zero-order valence-corrected chi connectivity index (χ0v) is 9.02. The first-order valence-electron chi connectivity index (χ1n) is 5.11. The molecule has 88 valence electrons. The lowest BCUT2D eigenvalue weighted by Gasteiger charge is -2.26. The van der Waals surface area contributed by atoms with Crippen molar-refractivity contribution in [2.75, 3.05) is 24.3 Å². The Kier molecular flexibility index (Phi) is 2.71. The number of rotatable bonds is 2. The summed E-state index contributed by atoms with van der Waals surface area (Å²) in [7, 11) is 0. The van der Waals surface area contributed by atoms with Crippen molar-refractivity contribution >= 4 is 11.4 Å². The molecule has 0 aliphatic carbocycles. The predicted molar refractivity (Wildman–Crippen MR) is 58.2 cm³/mol. The molecule has 3 nitrogen and oxygen atoms in total. The minimum atomic E-state index is -0.745. The molecule has 1 aromatic carbocycles. The van der Waals surface area contributed by atoms with Crippen molar-refractivity contribution in [1.29, 1.82) is 0 Å². The van der Waals surface area contributed by atoms with Crippen molar-refractivity contribution in [3.63, 3.8) is 0 Å². The van der Waals surface area contributed by atoms with Crippen LogP contribution in [0.4, 0.5) is 20.2 Å². The molecule has 1 atom stereocenters. The number of anilines is 2.